The smallest absolute Gasteiger partial charge is 0.213 e. The molecule has 2 rings (SSSR count). The molecule has 7 nitrogen and oxygen atoms in total. The van der Waals surface area contributed by atoms with Crippen LogP contribution in [-0.2, 0) is 13.1 Å². The lowest BCUT2D eigenvalue weighted by Gasteiger charge is -2.15. The molecule has 0 radical (unpaired) electrons. The largest absolute Gasteiger partial charge is 0.493 e. The van der Waals surface area contributed by atoms with Crippen molar-refractivity contribution in [1.82, 2.24) is 15.5 Å². The summed E-state index contributed by atoms with van der Waals surface area (Å²) < 4.78 is 20.6. The predicted molar refractivity (Wildman–Crippen MR) is 70.9 cm³/mol. The average Bonchev–Trinajstić information content (AvgIpc) is 2.99. The summed E-state index contributed by atoms with van der Waals surface area (Å²) >= 11 is 0. The van der Waals surface area contributed by atoms with Gasteiger partial charge in [0.2, 0.25) is 12.1 Å². The Morgan fingerprint density at radius 1 is 1.05 bits per heavy atom. The van der Waals surface area contributed by atoms with E-state index in [-0.39, 0.29) is 0 Å². The molecule has 0 unspecified atom stereocenters. The third-order valence-electron chi connectivity index (χ3n) is 2.79. The maximum Gasteiger partial charge on any atom is 0.213 e. The molecular formula is C13H17N3O4. The first-order valence-electron chi connectivity index (χ1n) is 6.04. The SMILES string of the molecule is COc1ccc(CNCc2ncon2)c(OC)c1OC. The van der Waals surface area contributed by atoms with Gasteiger partial charge in [-0.2, -0.15) is 4.98 Å². The van der Waals surface area contributed by atoms with Gasteiger partial charge in [-0.25, -0.2) is 0 Å². The Bertz CT molecular complexity index is 543. The number of methoxy groups -OCH3 is 3. The van der Waals surface area contributed by atoms with Crippen molar-refractivity contribution >= 4 is 0 Å². The van der Waals surface area contributed by atoms with Crippen LogP contribution in [0.3, 0.4) is 0 Å². The molecule has 0 atom stereocenters. The van der Waals surface area contributed by atoms with Crippen molar-refractivity contribution < 1.29 is 18.7 Å². The van der Waals surface area contributed by atoms with Crippen molar-refractivity contribution in [3.05, 3.63) is 29.9 Å². The van der Waals surface area contributed by atoms with Gasteiger partial charge < -0.3 is 24.1 Å². The van der Waals surface area contributed by atoms with E-state index < -0.39 is 0 Å². The molecule has 0 amide bonds. The van der Waals surface area contributed by atoms with Gasteiger partial charge in [0.1, 0.15) is 0 Å². The summed E-state index contributed by atoms with van der Waals surface area (Å²) in [6.07, 6.45) is 1.30. The summed E-state index contributed by atoms with van der Waals surface area (Å²) in [6, 6.07) is 3.76. The molecule has 0 saturated carbocycles. The Hall–Kier alpha value is -2.28. The average molecular weight is 279 g/mol. The lowest BCUT2D eigenvalue weighted by molar-refractivity contribution is 0.321. The number of benzene rings is 1. The van der Waals surface area contributed by atoms with Gasteiger partial charge in [-0.05, 0) is 6.07 Å². The summed E-state index contributed by atoms with van der Waals surface area (Å²) in [5.74, 6) is 2.46. The number of nitrogens with zero attached hydrogens (tertiary/aromatic N) is 2. The van der Waals surface area contributed by atoms with Gasteiger partial charge in [0.15, 0.2) is 17.3 Å². The fraction of sp³-hybridized carbons (Fsp3) is 0.385. The van der Waals surface area contributed by atoms with E-state index in [0.29, 0.717) is 36.2 Å². The minimum absolute atomic E-state index is 0.508. The third-order valence-corrected chi connectivity index (χ3v) is 2.79. The van der Waals surface area contributed by atoms with Crippen LogP contribution in [0.4, 0.5) is 0 Å². The zero-order chi connectivity index (χ0) is 14.4. The Morgan fingerprint density at radius 2 is 1.85 bits per heavy atom. The Morgan fingerprint density at radius 3 is 2.45 bits per heavy atom. The normalized spacial score (nSPS) is 10.3. The van der Waals surface area contributed by atoms with Crippen LogP contribution in [0.15, 0.2) is 23.0 Å². The second kappa shape index (κ2) is 6.76. The molecule has 1 heterocycles. The maximum absolute atomic E-state index is 5.40. The summed E-state index contributed by atoms with van der Waals surface area (Å²) in [7, 11) is 4.77. The Labute approximate surface area is 116 Å². The zero-order valence-corrected chi connectivity index (χ0v) is 11.7. The molecule has 7 heteroatoms. The number of rotatable bonds is 7. The third kappa shape index (κ3) is 3.00. The molecule has 20 heavy (non-hydrogen) atoms. The monoisotopic (exact) mass is 279 g/mol. The van der Waals surface area contributed by atoms with E-state index >= 15 is 0 Å². The van der Waals surface area contributed by atoms with Crippen LogP contribution in [0.5, 0.6) is 17.2 Å². The first-order valence-corrected chi connectivity index (χ1v) is 6.04. The van der Waals surface area contributed by atoms with Crippen molar-refractivity contribution in [1.29, 1.82) is 0 Å². The fourth-order valence-corrected chi connectivity index (χ4v) is 1.88. The lowest BCUT2D eigenvalue weighted by Crippen LogP contribution is -2.14. The van der Waals surface area contributed by atoms with E-state index in [1.54, 1.807) is 21.3 Å². The standard InChI is InChI=1S/C13H17N3O4/c1-17-10-5-4-9(12(18-2)13(10)19-3)6-14-7-11-15-8-20-16-11/h4-5,8,14H,6-7H2,1-3H3. The molecular weight excluding hydrogens is 262 g/mol. The molecule has 108 valence electrons. The molecule has 0 aliphatic carbocycles. The van der Waals surface area contributed by atoms with Gasteiger partial charge in [0.05, 0.1) is 27.9 Å². The van der Waals surface area contributed by atoms with Gasteiger partial charge in [-0.1, -0.05) is 11.2 Å². The number of aromatic nitrogens is 2. The highest BCUT2D eigenvalue weighted by molar-refractivity contribution is 5.55. The molecule has 0 spiro atoms. The first kappa shape index (κ1) is 14.1. The lowest BCUT2D eigenvalue weighted by atomic mass is 10.1. The highest BCUT2D eigenvalue weighted by Crippen LogP contribution is 2.39. The highest BCUT2D eigenvalue weighted by atomic mass is 16.5. The van der Waals surface area contributed by atoms with Crippen LogP contribution in [-0.4, -0.2) is 31.5 Å². The van der Waals surface area contributed by atoms with Crippen molar-refractivity contribution in [3.63, 3.8) is 0 Å². The van der Waals surface area contributed by atoms with Gasteiger partial charge in [-0.15, -0.1) is 0 Å². The van der Waals surface area contributed by atoms with E-state index in [0.717, 1.165) is 5.56 Å². The minimum atomic E-state index is 0.508. The summed E-state index contributed by atoms with van der Waals surface area (Å²) in [5, 5.41) is 6.93. The minimum Gasteiger partial charge on any atom is -0.493 e. The molecule has 1 N–H and O–H groups in total. The van der Waals surface area contributed by atoms with Crippen molar-refractivity contribution in [2.75, 3.05) is 21.3 Å². The molecule has 1 aromatic heterocycles. The molecule has 0 aliphatic heterocycles. The van der Waals surface area contributed by atoms with Crippen LogP contribution in [0.25, 0.3) is 0 Å². The van der Waals surface area contributed by atoms with Crippen molar-refractivity contribution in [2.45, 2.75) is 13.1 Å². The zero-order valence-electron chi connectivity index (χ0n) is 11.7. The van der Waals surface area contributed by atoms with Gasteiger partial charge in [0.25, 0.3) is 0 Å². The molecule has 0 bridgehead atoms. The van der Waals surface area contributed by atoms with Crippen LogP contribution in [0, 0.1) is 0 Å². The number of hydrogen-bond acceptors (Lipinski definition) is 7. The quantitative estimate of drug-likeness (QED) is 0.820. The molecule has 0 saturated heterocycles. The second-order valence-electron chi connectivity index (χ2n) is 3.94. The van der Waals surface area contributed by atoms with E-state index in [9.17, 15) is 0 Å². The summed E-state index contributed by atoms with van der Waals surface area (Å²) in [4.78, 5) is 3.93. The van der Waals surface area contributed by atoms with Crippen LogP contribution in [0.1, 0.15) is 11.4 Å². The number of nitrogens with one attached hydrogen (secondary N) is 1. The molecule has 0 aliphatic rings. The van der Waals surface area contributed by atoms with Crippen LogP contribution in [0.2, 0.25) is 0 Å². The molecule has 1 aromatic carbocycles. The predicted octanol–water partition coefficient (Wildman–Crippen LogP) is 1.39. The second-order valence-corrected chi connectivity index (χ2v) is 3.94. The van der Waals surface area contributed by atoms with E-state index in [2.05, 4.69) is 20.0 Å². The Kier molecular flexibility index (Phi) is 4.78. The fourth-order valence-electron chi connectivity index (χ4n) is 1.88. The maximum atomic E-state index is 5.40. The number of hydrogen-bond donors (Lipinski definition) is 1. The highest BCUT2D eigenvalue weighted by Gasteiger charge is 2.15. The summed E-state index contributed by atoms with van der Waals surface area (Å²) in [5.41, 5.74) is 0.952. The van der Waals surface area contributed by atoms with Crippen molar-refractivity contribution in [2.24, 2.45) is 0 Å². The Balaban J connectivity index is 2.10. The van der Waals surface area contributed by atoms with Crippen molar-refractivity contribution in [3.8, 4) is 17.2 Å². The van der Waals surface area contributed by atoms with E-state index in [4.69, 9.17) is 14.2 Å². The van der Waals surface area contributed by atoms with Gasteiger partial charge in [-0.3, -0.25) is 0 Å². The number of ether oxygens (including phenoxy) is 3. The van der Waals surface area contributed by atoms with Gasteiger partial charge >= 0.3 is 0 Å². The first-order chi connectivity index (χ1) is 9.80. The van der Waals surface area contributed by atoms with Gasteiger partial charge in [0, 0.05) is 12.1 Å². The molecule has 0 fully saturated rings. The van der Waals surface area contributed by atoms with Crippen LogP contribution >= 0.6 is 0 Å². The van der Waals surface area contributed by atoms with E-state index in [1.165, 1.54) is 6.39 Å². The molecule has 2 aromatic rings. The topological polar surface area (TPSA) is 78.6 Å². The summed E-state index contributed by atoms with van der Waals surface area (Å²) in [6.45, 7) is 1.09. The van der Waals surface area contributed by atoms with Crippen LogP contribution < -0.4 is 19.5 Å². The van der Waals surface area contributed by atoms with E-state index in [1.807, 2.05) is 12.1 Å².